The number of hydrogen-bond donors (Lipinski definition) is 0. The number of aromatic nitrogens is 1. The lowest BCUT2D eigenvalue weighted by atomic mass is 10.1. The van der Waals surface area contributed by atoms with Gasteiger partial charge in [-0.25, -0.2) is 4.57 Å². The smallest absolute Gasteiger partial charge is 0.220 e. The van der Waals surface area contributed by atoms with Gasteiger partial charge in [0.15, 0.2) is 6.20 Å². The zero-order valence-corrected chi connectivity index (χ0v) is 11.3. The Morgan fingerprint density at radius 1 is 1.00 bits per heavy atom. The van der Waals surface area contributed by atoms with Crippen LogP contribution in [-0.4, -0.2) is 14.2 Å². The van der Waals surface area contributed by atoms with Gasteiger partial charge < -0.3 is 9.47 Å². The Morgan fingerprint density at radius 2 is 1.79 bits per heavy atom. The highest BCUT2D eigenvalue weighted by Gasteiger charge is 2.16. The average Bonchev–Trinajstić information content (AvgIpc) is 2.46. The van der Waals surface area contributed by atoms with Crippen LogP contribution in [0, 0.1) is 0 Å². The lowest BCUT2D eigenvalue weighted by Gasteiger charge is -2.09. The van der Waals surface area contributed by atoms with Crippen molar-refractivity contribution < 1.29 is 14.0 Å². The van der Waals surface area contributed by atoms with Crippen LogP contribution in [-0.2, 0) is 7.05 Å². The fourth-order valence-electron chi connectivity index (χ4n) is 2.52. The number of pyridine rings is 1. The highest BCUT2D eigenvalue weighted by molar-refractivity contribution is 6.07. The van der Waals surface area contributed by atoms with Gasteiger partial charge in [-0.15, -0.1) is 0 Å². The van der Waals surface area contributed by atoms with Gasteiger partial charge in [0.2, 0.25) is 5.52 Å². The standard InChI is InChI=1S/C16H16NO2/c1-17-10-11-6-4-5-7-13(11)16-14(17)8-12(18-2)9-15(16)19-3/h4-10H,1-3H3/q+1. The Bertz CT molecular complexity index is 765. The van der Waals surface area contributed by atoms with Crippen LogP contribution in [0.2, 0.25) is 0 Å². The first-order valence-corrected chi connectivity index (χ1v) is 6.17. The number of rotatable bonds is 2. The SMILES string of the molecule is COc1cc(OC)c2c3ccccc3c[n+](C)c2c1. The van der Waals surface area contributed by atoms with Crippen LogP contribution in [0.1, 0.15) is 0 Å². The molecule has 0 bridgehead atoms. The van der Waals surface area contributed by atoms with E-state index < -0.39 is 0 Å². The van der Waals surface area contributed by atoms with Gasteiger partial charge in [-0.1, -0.05) is 18.2 Å². The van der Waals surface area contributed by atoms with E-state index in [-0.39, 0.29) is 0 Å². The molecule has 0 aliphatic carbocycles. The highest BCUT2D eigenvalue weighted by Crippen LogP contribution is 2.34. The minimum Gasteiger partial charge on any atom is -0.496 e. The lowest BCUT2D eigenvalue weighted by molar-refractivity contribution is -0.643. The molecule has 0 saturated carbocycles. The summed E-state index contributed by atoms with van der Waals surface area (Å²) in [5.41, 5.74) is 1.09. The molecule has 0 aliphatic heterocycles. The van der Waals surface area contributed by atoms with E-state index >= 15 is 0 Å². The van der Waals surface area contributed by atoms with Crippen molar-refractivity contribution in [1.82, 2.24) is 0 Å². The van der Waals surface area contributed by atoms with Gasteiger partial charge in [-0.05, 0) is 6.07 Å². The molecule has 3 aromatic rings. The number of aryl methyl sites for hydroxylation is 1. The minimum absolute atomic E-state index is 0.801. The van der Waals surface area contributed by atoms with Crippen molar-refractivity contribution in [2.24, 2.45) is 7.05 Å². The summed E-state index contributed by atoms with van der Waals surface area (Å²) in [6.07, 6.45) is 2.12. The van der Waals surface area contributed by atoms with Gasteiger partial charge in [0.05, 0.1) is 25.7 Å². The van der Waals surface area contributed by atoms with Gasteiger partial charge in [0.1, 0.15) is 18.5 Å². The maximum Gasteiger partial charge on any atom is 0.220 e. The second-order valence-electron chi connectivity index (χ2n) is 4.55. The predicted octanol–water partition coefficient (Wildman–Crippen LogP) is 2.83. The third-order valence-corrected chi connectivity index (χ3v) is 3.45. The van der Waals surface area contributed by atoms with Crippen molar-refractivity contribution in [2.45, 2.75) is 0 Å². The maximum absolute atomic E-state index is 5.54. The van der Waals surface area contributed by atoms with E-state index in [1.807, 2.05) is 31.3 Å². The summed E-state index contributed by atoms with van der Waals surface area (Å²) in [5.74, 6) is 1.64. The monoisotopic (exact) mass is 254 g/mol. The molecule has 19 heavy (non-hydrogen) atoms. The van der Waals surface area contributed by atoms with Crippen LogP contribution in [0.4, 0.5) is 0 Å². The van der Waals surface area contributed by atoms with Crippen molar-refractivity contribution in [3.63, 3.8) is 0 Å². The Morgan fingerprint density at radius 3 is 2.53 bits per heavy atom. The molecule has 0 N–H and O–H groups in total. The van der Waals surface area contributed by atoms with Crippen LogP contribution in [0.5, 0.6) is 11.5 Å². The quantitative estimate of drug-likeness (QED) is 0.518. The Hall–Kier alpha value is -2.29. The number of ether oxygens (including phenoxy) is 2. The predicted molar refractivity (Wildman–Crippen MR) is 75.7 cm³/mol. The molecule has 3 rings (SSSR count). The molecule has 1 heterocycles. The molecule has 2 aromatic carbocycles. The van der Waals surface area contributed by atoms with E-state index in [0.29, 0.717) is 0 Å². The third kappa shape index (κ3) is 1.78. The average molecular weight is 254 g/mol. The zero-order valence-electron chi connectivity index (χ0n) is 11.3. The molecule has 96 valence electrons. The lowest BCUT2D eigenvalue weighted by Crippen LogP contribution is -2.28. The van der Waals surface area contributed by atoms with Gasteiger partial charge in [-0.2, -0.15) is 0 Å². The summed E-state index contributed by atoms with van der Waals surface area (Å²) in [6, 6.07) is 12.3. The number of hydrogen-bond acceptors (Lipinski definition) is 2. The summed E-state index contributed by atoms with van der Waals surface area (Å²) in [7, 11) is 5.39. The molecule has 0 amide bonds. The van der Waals surface area contributed by atoms with Gasteiger partial charge in [0, 0.05) is 16.8 Å². The fourth-order valence-corrected chi connectivity index (χ4v) is 2.52. The van der Waals surface area contributed by atoms with Crippen LogP contribution in [0.25, 0.3) is 21.7 Å². The number of methoxy groups -OCH3 is 2. The van der Waals surface area contributed by atoms with Gasteiger partial charge >= 0.3 is 0 Å². The van der Waals surface area contributed by atoms with Crippen molar-refractivity contribution in [3.05, 3.63) is 42.6 Å². The summed E-state index contributed by atoms with van der Waals surface area (Å²) in [5, 5.41) is 3.50. The van der Waals surface area contributed by atoms with E-state index in [1.165, 1.54) is 10.8 Å². The third-order valence-electron chi connectivity index (χ3n) is 3.45. The van der Waals surface area contributed by atoms with E-state index in [2.05, 4.69) is 22.9 Å². The molecule has 0 aliphatic rings. The second kappa shape index (κ2) is 4.43. The first-order chi connectivity index (χ1) is 9.24. The Labute approximate surface area is 112 Å². The van der Waals surface area contributed by atoms with E-state index in [1.54, 1.807) is 14.2 Å². The summed E-state index contributed by atoms with van der Waals surface area (Å²) in [6.45, 7) is 0. The molecule has 3 heteroatoms. The number of benzene rings is 2. The van der Waals surface area contributed by atoms with Crippen molar-refractivity contribution >= 4 is 21.7 Å². The number of fused-ring (bicyclic) bond motifs is 3. The first kappa shape index (κ1) is 11.8. The first-order valence-electron chi connectivity index (χ1n) is 6.17. The molecule has 1 aromatic heterocycles. The van der Waals surface area contributed by atoms with E-state index in [9.17, 15) is 0 Å². The summed E-state index contributed by atoms with van der Waals surface area (Å²) in [4.78, 5) is 0. The van der Waals surface area contributed by atoms with Crippen molar-refractivity contribution in [2.75, 3.05) is 14.2 Å². The van der Waals surface area contributed by atoms with Gasteiger partial charge in [-0.3, -0.25) is 0 Å². The molecular formula is C16H16NO2+. The Kier molecular flexibility index (Phi) is 2.75. The molecule has 3 nitrogen and oxygen atoms in total. The zero-order chi connectivity index (χ0) is 13.4. The highest BCUT2D eigenvalue weighted by atomic mass is 16.5. The molecule has 0 radical (unpaired) electrons. The maximum atomic E-state index is 5.54. The Balaban J connectivity index is 2.55. The van der Waals surface area contributed by atoms with E-state index in [0.717, 1.165) is 22.4 Å². The van der Waals surface area contributed by atoms with Crippen LogP contribution >= 0.6 is 0 Å². The van der Waals surface area contributed by atoms with Crippen LogP contribution < -0.4 is 14.0 Å². The molecule has 0 saturated heterocycles. The molecule has 0 unspecified atom stereocenters. The molecule has 0 atom stereocenters. The molecule has 0 fully saturated rings. The summed E-state index contributed by atoms with van der Waals surface area (Å²) >= 11 is 0. The van der Waals surface area contributed by atoms with Crippen LogP contribution in [0.15, 0.2) is 42.6 Å². The largest absolute Gasteiger partial charge is 0.496 e. The van der Waals surface area contributed by atoms with Crippen molar-refractivity contribution in [3.8, 4) is 11.5 Å². The van der Waals surface area contributed by atoms with Gasteiger partial charge in [0.25, 0.3) is 0 Å². The van der Waals surface area contributed by atoms with Crippen molar-refractivity contribution in [1.29, 1.82) is 0 Å². The molecular weight excluding hydrogens is 238 g/mol. The fraction of sp³-hybridized carbons (Fsp3) is 0.188. The second-order valence-corrected chi connectivity index (χ2v) is 4.55. The molecule has 0 spiro atoms. The normalized spacial score (nSPS) is 10.9. The topological polar surface area (TPSA) is 22.3 Å². The van der Waals surface area contributed by atoms with E-state index in [4.69, 9.17) is 9.47 Å². The minimum atomic E-state index is 0.801. The van der Waals surface area contributed by atoms with Crippen LogP contribution in [0.3, 0.4) is 0 Å². The number of nitrogens with zero attached hydrogens (tertiary/aromatic N) is 1. The summed E-state index contributed by atoms with van der Waals surface area (Å²) < 4.78 is 13.0.